The molecular formula is C16H16N4O. The zero-order valence-corrected chi connectivity index (χ0v) is 11.9. The Balaban J connectivity index is 2.32. The van der Waals surface area contributed by atoms with Crippen molar-refractivity contribution in [3.8, 4) is 17.1 Å². The molecule has 0 aliphatic heterocycles. The molecule has 0 unspecified atom stereocenters. The Hall–Kier alpha value is -2.82. The Kier molecular flexibility index (Phi) is 3.10. The molecule has 1 aromatic heterocycles. The summed E-state index contributed by atoms with van der Waals surface area (Å²) < 4.78 is 0. The highest BCUT2D eigenvalue weighted by atomic mass is 16.3. The topological polar surface area (TPSA) is 75.3 Å². The highest BCUT2D eigenvalue weighted by Crippen LogP contribution is 2.31. The molecule has 0 atom stereocenters. The van der Waals surface area contributed by atoms with Gasteiger partial charge in [0.25, 0.3) is 0 Å². The van der Waals surface area contributed by atoms with E-state index in [0.29, 0.717) is 17.1 Å². The van der Waals surface area contributed by atoms with Gasteiger partial charge < -0.3 is 15.7 Å². The summed E-state index contributed by atoms with van der Waals surface area (Å²) >= 11 is 0. The van der Waals surface area contributed by atoms with Crippen LogP contribution >= 0.6 is 0 Å². The van der Waals surface area contributed by atoms with Crippen LogP contribution in [0, 0.1) is 0 Å². The number of rotatable bonds is 2. The number of phenols is 1. The van der Waals surface area contributed by atoms with E-state index in [0.717, 1.165) is 16.7 Å². The molecule has 0 aliphatic rings. The summed E-state index contributed by atoms with van der Waals surface area (Å²) in [6.45, 7) is 0. The molecule has 5 heteroatoms. The molecule has 21 heavy (non-hydrogen) atoms. The van der Waals surface area contributed by atoms with Crippen LogP contribution < -0.4 is 10.6 Å². The number of aromatic nitrogens is 2. The zero-order chi connectivity index (χ0) is 15.0. The number of phenolic OH excluding ortho intramolecular Hbond substituents is 1. The summed E-state index contributed by atoms with van der Waals surface area (Å²) in [5.74, 6) is 1.43. The van der Waals surface area contributed by atoms with E-state index in [4.69, 9.17) is 5.73 Å². The van der Waals surface area contributed by atoms with Crippen molar-refractivity contribution < 1.29 is 5.11 Å². The number of hydrogen-bond acceptors (Lipinski definition) is 5. The van der Waals surface area contributed by atoms with Gasteiger partial charge in [-0.15, -0.1) is 0 Å². The maximum absolute atomic E-state index is 10.0. The molecule has 0 spiro atoms. The number of benzene rings is 2. The highest BCUT2D eigenvalue weighted by molar-refractivity contribution is 5.92. The third kappa shape index (κ3) is 2.33. The molecule has 0 fully saturated rings. The lowest BCUT2D eigenvalue weighted by atomic mass is 10.1. The van der Waals surface area contributed by atoms with Crippen molar-refractivity contribution in [2.45, 2.75) is 0 Å². The predicted octanol–water partition coefficient (Wildman–Crippen LogP) is 2.65. The fraction of sp³-hybridized carbons (Fsp3) is 0.125. The molecule has 106 valence electrons. The van der Waals surface area contributed by atoms with Crippen molar-refractivity contribution in [1.82, 2.24) is 9.97 Å². The third-order valence-electron chi connectivity index (χ3n) is 3.27. The number of anilines is 2. The Morgan fingerprint density at radius 1 is 1.05 bits per heavy atom. The van der Waals surface area contributed by atoms with Crippen LogP contribution in [0.25, 0.3) is 22.3 Å². The van der Waals surface area contributed by atoms with Crippen LogP contribution in [0.2, 0.25) is 0 Å². The molecule has 3 aromatic rings. The number of hydrogen-bond donors (Lipinski definition) is 2. The minimum absolute atomic E-state index is 0.158. The van der Waals surface area contributed by atoms with E-state index in [2.05, 4.69) is 9.97 Å². The van der Waals surface area contributed by atoms with Crippen molar-refractivity contribution in [1.29, 1.82) is 0 Å². The van der Waals surface area contributed by atoms with Gasteiger partial charge in [-0.3, -0.25) is 0 Å². The molecule has 0 saturated heterocycles. The van der Waals surface area contributed by atoms with E-state index in [1.807, 2.05) is 43.3 Å². The Morgan fingerprint density at radius 2 is 1.81 bits per heavy atom. The first-order valence-corrected chi connectivity index (χ1v) is 6.59. The number of fused-ring (bicyclic) bond motifs is 1. The van der Waals surface area contributed by atoms with Gasteiger partial charge in [0, 0.05) is 25.2 Å². The number of nitrogens with two attached hydrogens (primary N) is 1. The number of nitrogens with zero attached hydrogens (tertiary/aromatic N) is 3. The minimum atomic E-state index is 0.158. The van der Waals surface area contributed by atoms with Gasteiger partial charge in [0.1, 0.15) is 11.6 Å². The summed E-state index contributed by atoms with van der Waals surface area (Å²) in [5.41, 5.74) is 7.85. The number of para-hydroxylation sites is 1. The normalized spacial score (nSPS) is 10.8. The molecule has 2 aromatic carbocycles. The quantitative estimate of drug-likeness (QED) is 0.706. The summed E-state index contributed by atoms with van der Waals surface area (Å²) in [4.78, 5) is 11.0. The Bertz CT molecular complexity index is 814. The molecule has 1 heterocycles. The van der Waals surface area contributed by atoms with Crippen molar-refractivity contribution >= 4 is 22.4 Å². The molecule has 0 saturated carbocycles. The lowest BCUT2D eigenvalue weighted by Crippen LogP contribution is -2.12. The molecule has 0 bridgehead atoms. The molecule has 3 rings (SSSR count). The van der Waals surface area contributed by atoms with Gasteiger partial charge in [-0.1, -0.05) is 12.1 Å². The molecule has 0 radical (unpaired) electrons. The fourth-order valence-corrected chi connectivity index (χ4v) is 2.25. The van der Waals surface area contributed by atoms with Crippen LogP contribution in [0.5, 0.6) is 5.75 Å². The summed E-state index contributed by atoms with van der Waals surface area (Å²) in [6, 6.07) is 12.6. The maximum Gasteiger partial charge on any atom is 0.165 e. The fourth-order valence-electron chi connectivity index (χ4n) is 2.25. The van der Waals surface area contributed by atoms with Crippen molar-refractivity contribution in [3.05, 3.63) is 42.5 Å². The standard InChI is InChI=1S/C16H16N4O/c1-20(2)16-11-8-7-10(17)9-13(11)18-15(19-16)12-5-3-4-6-14(12)21/h3-9,21H,17H2,1-2H3. The van der Waals surface area contributed by atoms with E-state index in [-0.39, 0.29) is 5.75 Å². The van der Waals surface area contributed by atoms with E-state index < -0.39 is 0 Å². The van der Waals surface area contributed by atoms with E-state index in [9.17, 15) is 5.11 Å². The smallest absolute Gasteiger partial charge is 0.165 e. The van der Waals surface area contributed by atoms with Gasteiger partial charge in [0.05, 0.1) is 11.1 Å². The van der Waals surface area contributed by atoms with Crippen LogP contribution in [0.3, 0.4) is 0 Å². The molecule has 3 N–H and O–H groups in total. The van der Waals surface area contributed by atoms with Crippen LogP contribution in [-0.4, -0.2) is 29.2 Å². The monoisotopic (exact) mass is 280 g/mol. The lowest BCUT2D eigenvalue weighted by Gasteiger charge is -2.16. The first kappa shape index (κ1) is 13.2. The average Bonchev–Trinajstić information content (AvgIpc) is 2.46. The average molecular weight is 280 g/mol. The number of nitrogen functional groups attached to an aromatic ring is 1. The van der Waals surface area contributed by atoms with Gasteiger partial charge >= 0.3 is 0 Å². The molecule has 0 aliphatic carbocycles. The van der Waals surface area contributed by atoms with E-state index >= 15 is 0 Å². The predicted molar refractivity (Wildman–Crippen MR) is 85.4 cm³/mol. The first-order chi connectivity index (χ1) is 10.1. The summed E-state index contributed by atoms with van der Waals surface area (Å²) in [7, 11) is 3.85. The first-order valence-electron chi connectivity index (χ1n) is 6.59. The van der Waals surface area contributed by atoms with Crippen molar-refractivity contribution in [2.75, 3.05) is 24.7 Å². The minimum Gasteiger partial charge on any atom is -0.507 e. The van der Waals surface area contributed by atoms with Crippen LogP contribution in [-0.2, 0) is 0 Å². The van der Waals surface area contributed by atoms with Gasteiger partial charge in [0.15, 0.2) is 5.82 Å². The van der Waals surface area contributed by atoms with Crippen molar-refractivity contribution in [2.24, 2.45) is 0 Å². The van der Waals surface area contributed by atoms with Gasteiger partial charge in [-0.05, 0) is 30.3 Å². The van der Waals surface area contributed by atoms with Gasteiger partial charge in [-0.2, -0.15) is 0 Å². The number of aromatic hydroxyl groups is 1. The van der Waals surface area contributed by atoms with E-state index in [1.165, 1.54) is 0 Å². The Morgan fingerprint density at radius 3 is 2.52 bits per heavy atom. The van der Waals surface area contributed by atoms with Crippen LogP contribution in [0.15, 0.2) is 42.5 Å². The summed E-state index contributed by atoms with van der Waals surface area (Å²) in [5, 5.41) is 10.9. The second kappa shape index (κ2) is 4.94. The van der Waals surface area contributed by atoms with Crippen molar-refractivity contribution in [3.63, 3.8) is 0 Å². The molecule has 0 amide bonds. The summed E-state index contributed by atoms with van der Waals surface area (Å²) in [6.07, 6.45) is 0. The Labute approximate surface area is 122 Å². The van der Waals surface area contributed by atoms with Gasteiger partial charge in [0.2, 0.25) is 0 Å². The van der Waals surface area contributed by atoms with E-state index in [1.54, 1.807) is 18.2 Å². The highest BCUT2D eigenvalue weighted by Gasteiger charge is 2.13. The van der Waals surface area contributed by atoms with Gasteiger partial charge in [-0.25, -0.2) is 9.97 Å². The molecule has 5 nitrogen and oxygen atoms in total. The largest absolute Gasteiger partial charge is 0.507 e. The second-order valence-electron chi connectivity index (χ2n) is 5.06. The van der Waals surface area contributed by atoms with Crippen LogP contribution in [0.1, 0.15) is 0 Å². The zero-order valence-electron chi connectivity index (χ0n) is 11.9. The lowest BCUT2D eigenvalue weighted by molar-refractivity contribution is 0.477. The SMILES string of the molecule is CN(C)c1nc(-c2ccccc2O)nc2cc(N)ccc12. The van der Waals surface area contributed by atoms with Crippen LogP contribution in [0.4, 0.5) is 11.5 Å². The second-order valence-corrected chi connectivity index (χ2v) is 5.06. The maximum atomic E-state index is 10.0. The third-order valence-corrected chi connectivity index (χ3v) is 3.27. The molecular weight excluding hydrogens is 264 g/mol.